The van der Waals surface area contributed by atoms with Crippen LogP contribution in [0, 0.1) is 0 Å². The first-order valence-electron chi connectivity index (χ1n) is 6.80. The van der Waals surface area contributed by atoms with E-state index in [9.17, 15) is 4.79 Å². The van der Waals surface area contributed by atoms with Crippen LogP contribution >= 0.6 is 15.9 Å². The van der Waals surface area contributed by atoms with E-state index in [1.54, 1.807) is 0 Å². The molecule has 1 amide bonds. The van der Waals surface area contributed by atoms with Gasteiger partial charge in [-0.3, -0.25) is 4.79 Å². The van der Waals surface area contributed by atoms with Crippen molar-refractivity contribution in [3.8, 4) is 0 Å². The molecule has 3 nitrogen and oxygen atoms in total. The Morgan fingerprint density at radius 3 is 2.79 bits per heavy atom. The predicted molar refractivity (Wildman–Crippen MR) is 79.0 cm³/mol. The highest BCUT2D eigenvalue weighted by Crippen LogP contribution is 2.49. The average molecular weight is 326 g/mol. The Hall–Kier alpha value is -0.870. The molecule has 0 bridgehead atoms. The molecule has 1 aliphatic rings. The topological polar surface area (TPSA) is 49.3 Å². The molecule has 0 aromatic heterocycles. The first-order chi connectivity index (χ1) is 9.12. The third-order valence-corrected chi connectivity index (χ3v) is 4.36. The van der Waals surface area contributed by atoms with E-state index < -0.39 is 0 Å². The summed E-state index contributed by atoms with van der Waals surface area (Å²) in [6, 6.07) is 8.06. The summed E-state index contributed by atoms with van der Waals surface area (Å²) in [6.45, 7) is 2.14. The summed E-state index contributed by atoms with van der Waals surface area (Å²) in [5, 5.41) is 12.1. The van der Waals surface area contributed by atoms with E-state index in [-0.39, 0.29) is 24.0 Å². The highest BCUT2D eigenvalue weighted by atomic mass is 79.9. The summed E-state index contributed by atoms with van der Waals surface area (Å²) in [6.07, 6.45) is 3.29. The molecule has 1 aromatic rings. The Labute approximate surface area is 122 Å². The van der Waals surface area contributed by atoms with Crippen LogP contribution in [0.4, 0.5) is 0 Å². The lowest BCUT2D eigenvalue weighted by Crippen LogP contribution is -2.41. The normalized spacial score (nSPS) is 17.8. The molecule has 0 heterocycles. The fourth-order valence-corrected chi connectivity index (χ4v) is 2.81. The molecule has 104 valence electrons. The number of hydrogen-bond acceptors (Lipinski definition) is 2. The van der Waals surface area contributed by atoms with Crippen LogP contribution in [-0.2, 0) is 10.2 Å². The van der Waals surface area contributed by atoms with E-state index in [0.717, 1.165) is 29.3 Å². The summed E-state index contributed by atoms with van der Waals surface area (Å²) in [4.78, 5) is 12.5. The van der Waals surface area contributed by atoms with Crippen LogP contribution in [0.25, 0.3) is 0 Å². The summed E-state index contributed by atoms with van der Waals surface area (Å²) in [5.74, 6) is 0.103. The SMILES string of the molecule is CCC(CCO)NC(=O)C1(c2cccc(Br)c2)CC1. The van der Waals surface area contributed by atoms with Crippen molar-refractivity contribution in [2.24, 2.45) is 0 Å². The summed E-state index contributed by atoms with van der Waals surface area (Å²) in [7, 11) is 0. The molecule has 1 aliphatic carbocycles. The Bertz CT molecular complexity index is 457. The van der Waals surface area contributed by atoms with E-state index in [0.29, 0.717) is 6.42 Å². The molecule has 1 saturated carbocycles. The molecular formula is C15H20BrNO2. The molecule has 2 rings (SSSR count). The minimum Gasteiger partial charge on any atom is -0.396 e. The van der Waals surface area contributed by atoms with Crippen molar-refractivity contribution < 1.29 is 9.90 Å². The zero-order valence-electron chi connectivity index (χ0n) is 11.2. The van der Waals surface area contributed by atoms with E-state index in [1.807, 2.05) is 31.2 Å². The Kier molecular flexibility index (Phi) is 4.63. The summed E-state index contributed by atoms with van der Waals surface area (Å²) < 4.78 is 1.01. The number of hydrogen-bond donors (Lipinski definition) is 2. The van der Waals surface area contributed by atoms with Crippen LogP contribution in [0.15, 0.2) is 28.7 Å². The van der Waals surface area contributed by atoms with Crippen molar-refractivity contribution in [1.82, 2.24) is 5.32 Å². The maximum Gasteiger partial charge on any atom is 0.230 e. The van der Waals surface area contributed by atoms with Gasteiger partial charge in [0.25, 0.3) is 0 Å². The number of nitrogens with one attached hydrogen (secondary N) is 1. The van der Waals surface area contributed by atoms with Crippen LogP contribution in [0.5, 0.6) is 0 Å². The number of rotatable bonds is 6. The minimum absolute atomic E-state index is 0.0714. The number of carbonyl (C=O) groups is 1. The Morgan fingerprint density at radius 2 is 2.26 bits per heavy atom. The largest absolute Gasteiger partial charge is 0.396 e. The number of aliphatic hydroxyl groups is 1. The van der Waals surface area contributed by atoms with Gasteiger partial charge in [-0.15, -0.1) is 0 Å². The molecule has 0 spiro atoms. The highest BCUT2D eigenvalue weighted by molar-refractivity contribution is 9.10. The standard InChI is InChI=1S/C15H20BrNO2/c1-2-13(6-9-18)17-14(19)15(7-8-15)11-4-3-5-12(16)10-11/h3-5,10,13,18H,2,6-9H2,1H3,(H,17,19). The van der Waals surface area contributed by atoms with Crippen LogP contribution in [0.3, 0.4) is 0 Å². The Morgan fingerprint density at radius 1 is 1.53 bits per heavy atom. The van der Waals surface area contributed by atoms with E-state index in [4.69, 9.17) is 5.11 Å². The van der Waals surface area contributed by atoms with Crippen LogP contribution < -0.4 is 5.32 Å². The number of halogens is 1. The van der Waals surface area contributed by atoms with Gasteiger partial charge in [0.1, 0.15) is 0 Å². The van der Waals surface area contributed by atoms with Gasteiger partial charge in [0, 0.05) is 17.1 Å². The van der Waals surface area contributed by atoms with E-state index in [1.165, 1.54) is 0 Å². The molecule has 0 aliphatic heterocycles. The molecule has 4 heteroatoms. The number of amides is 1. The number of benzene rings is 1. The molecule has 1 aromatic carbocycles. The summed E-state index contributed by atoms with van der Waals surface area (Å²) in [5.41, 5.74) is 0.741. The van der Waals surface area contributed by atoms with Crippen LogP contribution in [-0.4, -0.2) is 23.7 Å². The lowest BCUT2D eigenvalue weighted by Gasteiger charge is -2.21. The molecule has 1 unspecified atom stereocenters. The van der Waals surface area contributed by atoms with Gasteiger partial charge in [-0.1, -0.05) is 35.0 Å². The maximum absolute atomic E-state index is 12.5. The van der Waals surface area contributed by atoms with Gasteiger partial charge in [0.05, 0.1) is 5.41 Å². The van der Waals surface area contributed by atoms with Crippen molar-refractivity contribution in [1.29, 1.82) is 0 Å². The second-order valence-corrected chi connectivity index (χ2v) is 6.10. The van der Waals surface area contributed by atoms with Gasteiger partial charge < -0.3 is 10.4 Å². The Balaban J connectivity index is 2.10. The van der Waals surface area contributed by atoms with E-state index >= 15 is 0 Å². The smallest absolute Gasteiger partial charge is 0.230 e. The maximum atomic E-state index is 12.5. The minimum atomic E-state index is -0.341. The monoisotopic (exact) mass is 325 g/mol. The quantitative estimate of drug-likeness (QED) is 0.844. The van der Waals surface area contributed by atoms with Crippen molar-refractivity contribution in [2.45, 2.75) is 44.1 Å². The lowest BCUT2D eigenvalue weighted by atomic mass is 9.94. The number of carbonyl (C=O) groups excluding carboxylic acids is 1. The van der Waals surface area contributed by atoms with Gasteiger partial charge in [-0.2, -0.15) is 0 Å². The fraction of sp³-hybridized carbons (Fsp3) is 0.533. The van der Waals surface area contributed by atoms with Crippen LogP contribution in [0.2, 0.25) is 0 Å². The van der Waals surface area contributed by atoms with Crippen molar-refractivity contribution in [3.63, 3.8) is 0 Å². The highest BCUT2D eigenvalue weighted by Gasteiger charge is 2.51. The first-order valence-corrected chi connectivity index (χ1v) is 7.59. The zero-order valence-corrected chi connectivity index (χ0v) is 12.7. The van der Waals surface area contributed by atoms with Gasteiger partial charge >= 0.3 is 0 Å². The average Bonchev–Trinajstić information content (AvgIpc) is 3.19. The lowest BCUT2D eigenvalue weighted by molar-refractivity contribution is -0.124. The van der Waals surface area contributed by atoms with Crippen molar-refractivity contribution in [2.75, 3.05) is 6.61 Å². The number of aliphatic hydroxyl groups excluding tert-OH is 1. The molecular weight excluding hydrogens is 306 g/mol. The van der Waals surface area contributed by atoms with Gasteiger partial charge in [0.15, 0.2) is 0 Å². The van der Waals surface area contributed by atoms with Crippen molar-refractivity contribution in [3.05, 3.63) is 34.3 Å². The molecule has 0 radical (unpaired) electrons. The van der Waals surface area contributed by atoms with Crippen molar-refractivity contribution >= 4 is 21.8 Å². The van der Waals surface area contributed by atoms with Gasteiger partial charge in [0.2, 0.25) is 5.91 Å². The van der Waals surface area contributed by atoms with Gasteiger partial charge in [-0.25, -0.2) is 0 Å². The fourth-order valence-electron chi connectivity index (χ4n) is 2.42. The first kappa shape index (κ1) is 14.5. The van der Waals surface area contributed by atoms with E-state index in [2.05, 4.69) is 21.2 Å². The second kappa shape index (κ2) is 6.06. The molecule has 2 N–H and O–H groups in total. The molecule has 1 fully saturated rings. The second-order valence-electron chi connectivity index (χ2n) is 5.18. The molecule has 19 heavy (non-hydrogen) atoms. The van der Waals surface area contributed by atoms with Crippen LogP contribution in [0.1, 0.15) is 38.2 Å². The summed E-state index contributed by atoms with van der Waals surface area (Å²) >= 11 is 3.46. The third kappa shape index (κ3) is 3.18. The van der Waals surface area contributed by atoms with Gasteiger partial charge in [-0.05, 0) is 43.4 Å². The molecule has 1 atom stereocenters. The predicted octanol–water partition coefficient (Wildman–Crippen LogP) is 2.76. The zero-order chi connectivity index (χ0) is 13.9. The molecule has 0 saturated heterocycles. The third-order valence-electron chi connectivity index (χ3n) is 3.87.